The van der Waals surface area contributed by atoms with Crippen molar-refractivity contribution in [1.82, 2.24) is 30.0 Å². The number of nitrogens with two attached hydrogens (primary N) is 1. The lowest BCUT2D eigenvalue weighted by Crippen LogP contribution is -2.12. The molecule has 0 unspecified atom stereocenters. The molecule has 2 aromatic heterocycles. The van der Waals surface area contributed by atoms with Crippen molar-refractivity contribution in [2.75, 3.05) is 5.73 Å². The van der Waals surface area contributed by atoms with Gasteiger partial charge in [0.1, 0.15) is 0 Å². The number of rotatable bonds is 6. The Morgan fingerprint density at radius 2 is 1.95 bits per heavy atom. The van der Waals surface area contributed by atoms with Crippen molar-refractivity contribution in [1.29, 1.82) is 0 Å². The molecule has 2 heterocycles. The van der Waals surface area contributed by atoms with Crippen molar-refractivity contribution in [2.45, 2.75) is 13.1 Å². The van der Waals surface area contributed by atoms with Gasteiger partial charge in [-0.25, -0.2) is 4.68 Å². The van der Waals surface area contributed by atoms with Crippen LogP contribution in [0.15, 0.2) is 10.2 Å². The maximum Gasteiger partial charge on any atom is 0.326 e. The summed E-state index contributed by atoms with van der Waals surface area (Å²) in [4.78, 5) is 15.1. The Balaban J connectivity index is 2.43. The van der Waals surface area contributed by atoms with E-state index in [2.05, 4.69) is 40.7 Å². The highest BCUT2D eigenvalue weighted by molar-refractivity contribution is 5.65. The number of nitrogens with zero attached hydrogens (tertiary/aromatic N) is 13. The fourth-order valence-electron chi connectivity index (χ4n) is 1.56. The van der Waals surface area contributed by atoms with Crippen LogP contribution in [0, 0.1) is 10.1 Å². The van der Waals surface area contributed by atoms with Crippen LogP contribution in [0.1, 0.15) is 0 Å². The molecule has 0 atom stereocenters. The molecule has 22 heavy (non-hydrogen) atoms. The van der Waals surface area contributed by atoms with Gasteiger partial charge in [-0.15, -0.1) is 0 Å². The predicted octanol–water partition coefficient (Wildman–Crippen LogP) is 0.944. The average Bonchev–Trinajstić information content (AvgIpc) is 3.02. The van der Waals surface area contributed by atoms with E-state index in [0.717, 1.165) is 4.68 Å². The summed E-state index contributed by atoms with van der Waals surface area (Å²) in [5.74, 6) is -0.886. The van der Waals surface area contributed by atoms with Crippen molar-refractivity contribution >= 4 is 23.3 Å². The second kappa shape index (κ2) is 6.04. The maximum atomic E-state index is 11.0. The van der Waals surface area contributed by atoms with Crippen molar-refractivity contribution < 1.29 is 4.92 Å². The number of aromatic nitrogens is 6. The molecule has 2 aromatic rings. The highest BCUT2D eigenvalue weighted by atomic mass is 16.6. The van der Waals surface area contributed by atoms with Crippen LogP contribution >= 0.6 is 0 Å². The normalized spacial score (nSPS) is 9.82. The summed E-state index contributed by atoms with van der Waals surface area (Å²) >= 11 is 0. The van der Waals surface area contributed by atoms with Crippen LogP contribution in [0.2, 0.25) is 0 Å². The summed E-state index contributed by atoms with van der Waals surface area (Å²) in [5, 5.41) is 31.4. The Morgan fingerprint density at radius 1 is 1.27 bits per heavy atom. The summed E-state index contributed by atoms with van der Waals surface area (Å²) in [5.41, 5.74) is 21.7. The molecule has 112 valence electrons. The average molecular weight is 306 g/mol. The van der Waals surface area contributed by atoms with E-state index in [1.54, 1.807) is 0 Å². The minimum atomic E-state index is -0.858. The molecule has 0 amide bonds. The zero-order valence-electron chi connectivity index (χ0n) is 10.6. The standard InChI is InChI=1S/C6H6N14O2/c7-6-12-16-17-19(6)2-1-18-5(11-15-9)3(20(21)22)4(13-18)10-14-8/h1-2H2,(H2,7,12,17). The molecule has 0 spiro atoms. The lowest BCUT2D eigenvalue weighted by atomic mass is 10.5. The molecule has 0 saturated carbocycles. The molecule has 0 aliphatic rings. The minimum Gasteiger partial charge on any atom is -0.367 e. The Kier molecular flexibility index (Phi) is 3.98. The molecule has 0 fully saturated rings. The molecule has 0 aliphatic carbocycles. The van der Waals surface area contributed by atoms with Crippen molar-refractivity contribution in [3.05, 3.63) is 31.0 Å². The molecule has 0 bridgehead atoms. The molecule has 16 nitrogen and oxygen atoms in total. The highest BCUT2D eigenvalue weighted by Crippen LogP contribution is 2.37. The molecular weight excluding hydrogens is 300 g/mol. The Morgan fingerprint density at radius 3 is 2.50 bits per heavy atom. The topological polar surface area (TPSA) is 228 Å². The van der Waals surface area contributed by atoms with Gasteiger partial charge in [0.15, 0.2) is 0 Å². The third-order valence-corrected chi connectivity index (χ3v) is 2.43. The van der Waals surface area contributed by atoms with E-state index in [1.165, 1.54) is 4.68 Å². The molecule has 2 rings (SSSR count). The van der Waals surface area contributed by atoms with Gasteiger partial charge in [0, 0.05) is 9.82 Å². The van der Waals surface area contributed by atoms with Gasteiger partial charge in [0.05, 0.1) is 18.0 Å². The third-order valence-electron chi connectivity index (χ3n) is 2.43. The van der Waals surface area contributed by atoms with Crippen LogP contribution in [-0.4, -0.2) is 34.9 Å². The SMILES string of the molecule is [N-]=[N+]=Nc1nn(CCn2nnnc2N)c(N=[N+]=[N-])c1[N+](=O)[O-]. The zero-order valence-corrected chi connectivity index (χ0v) is 10.6. The number of anilines is 1. The number of aryl methyl sites for hydroxylation is 2. The summed E-state index contributed by atoms with van der Waals surface area (Å²) in [6.07, 6.45) is 0. The Hall–Kier alpha value is -3.90. The molecule has 0 saturated heterocycles. The van der Waals surface area contributed by atoms with E-state index in [-0.39, 0.29) is 19.0 Å². The van der Waals surface area contributed by atoms with Crippen molar-refractivity contribution in [2.24, 2.45) is 10.2 Å². The lowest BCUT2D eigenvalue weighted by Gasteiger charge is -2.03. The van der Waals surface area contributed by atoms with E-state index < -0.39 is 22.2 Å². The molecule has 16 heteroatoms. The first-order valence-corrected chi connectivity index (χ1v) is 5.45. The highest BCUT2D eigenvalue weighted by Gasteiger charge is 2.26. The number of hydrogen-bond acceptors (Lipinski definition) is 9. The van der Waals surface area contributed by atoms with Gasteiger partial charge >= 0.3 is 5.69 Å². The van der Waals surface area contributed by atoms with Gasteiger partial charge in [-0.1, -0.05) is 5.10 Å². The Labute approximate surface area is 119 Å². The second-order valence-electron chi connectivity index (χ2n) is 3.62. The summed E-state index contributed by atoms with van der Waals surface area (Å²) in [6, 6.07) is 0. The van der Waals surface area contributed by atoms with Crippen molar-refractivity contribution in [3.8, 4) is 0 Å². The molecule has 0 aliphatic heterocycles. The quantitative estimate of drug-likeness (QED) is 0.266. The number of azide groups is 2. The van der Waals surface area contributed by atoms with Crippen LogP contribution in [0.25, 0.3) is 20.9 Å². The molecular formula is C6H6N14O2. The third kappa shape index (κ3) is 2.67. The Bertz CT molecular complexity index is 803. The minimum absolute atomic E-state index is 0.00855. The van der Waals surface area contributed by atoms with E-state index in [1.807, 2.05) is 0 Å². The van der Waals surface area contributed by atoms with Gasteiger partial charge in [0.2, 0.25) is 17.6 Å². The second-order valence-corrected chi connectivity index (χ2v) is 3.62. The lowest BCUT2D eigenvalue weighted by molar-refractivity contribution is -0.383. The van der Waals surface area contributed by atoms with E-state index in [9.17, 15) is 10.1 Å². The van der Waals surface area contributed by atoms with Crippen LogP contribution < -0.4 is 5.73 Å². The summed E-state index contributed by atoms with van der Waals surface area (Å²) in [6.45, 7) is 0.0900. The van der Waals surface area contributed by atoms with E-state index >= 15 is 0 Å². The largest absolute Gasteiger partial charge is 0.367 e. The first kappa shape index (κ1) is 14.5. The molecule has 0 aromatic carbocycles. The van der Waals surface area contributed by atoms with Gasteiger partial charge < -0.3 is 5.73 Å². The van der Waals surface area contributed by atoms with Crippen LogP contribution in [0.5, 0.6) is 0 Å². The monoisotopic (exact) mass is 306 g/mol. The first-order chi connectivity index (χ1) is 10.6. The number of nitro groups is 1. The number of nitrogen functional groups attached to an aromatic ring is 1. The van der Waals surface area contributed by atoms with E-state index in [0.29, 0.717) is 0 Å². The van der Waals surface area contributed by atoms with Crippen LogP contribution in [0.3, 0.4) is 0 Å². The van der Waals surface area contributed by atoms with Crippen LogP contribution in [0.4, 0.5) is 23.3 Å². The smallest absolute Gasteiger partial charge is 0.326 e. The van der Waals surface area contributed by atoms with Gasteiger partial charge in [-0.2, -0.15) is 5.10 Å². The van der Waals surface area contributed by atoms with Crippen LogP contribution in [-0.2, 0) is 13.1 Å². The van der Waals surface area contributed by atoms with Crippen molar-refractivity contribution in [3.63, 3.8) is 0 Å². The zero-order chi connectivity index (χ0) is 16.1. The maximum absolute atomic E-state index is 11.0. The first-order valence-electron chi connectivity index (χ1n) is 5.45. The van der Waals surface area contributed by atoms with E-state index in [4.69, 9.17) is 16.8 Å². The molecule has 2 N–H and O–H groups in total. The number of hydrogen-bond donors (Lipinski definition) is 1. The number of tetrazole rings is 1. The van der Waals surface area contributed by atoms with Gasteiger partial charge in [0.25, 0.3) is 0 Å². The fourth-order valence-corrected chi connectivity index (χ4v) is 1.56. The predicted molar refractivity (Wildman–Crippen MR) is 68.7 cm³/mol. The van der Waals surface area contributed by atoms with Gasteiger partial charge in [-0.05, 0) is 31.7 Å². The fraction of sp³-hybridized carbons (Fsp3) is 0.333. The van der Waals surface area contributed by atoms with Gasteiger partial charge in [-0.3, -0.25) is 14.8 Å². The summed E-state index contributed by atoms with van der Waals surface area (Å²) < 4.78 is 2.21. The molecule has 0 radical (unpaired) electrons. The summed E-state index contributed by atoms with van der Waals surface area (Å²) in [7, 11) is 0.